The second kappa shape index (κ2) is 7.27. The first-order chi connectivity index (χ1) is 11.7. The molecule has 3 rings (SSSR count). The molecule has 1 amide bonds. The fourth-order valence-electron chi connectivity index (χ4n) is 2.88. The number of nitrogens with one attached hydrogen (secondary N) is 1. The topological polar surface area (TPSA) is 93.4 Å². The average Bonchev–Trinajstić information content (AvgIpc) is 3.17. The van der Waals surface area contributed by atoms with Crippen molar-refractivity contribution in [1.82, 2.24) is 15.1 Å². The number of carbonyl (C=O) groups is 2. The zero-order valence-electron chi connectivity index (χ0n) is 13.2. The van der Waals surface area contributed by atoms with Crippen LogP contribution in [0.25, 0.3) is 5.69 Å². The number of ether oxygens (including phenoxy) is 1. The van der Waals surface area contributed by atoms with Gasteiger partial charge in [0, 0.05) is 17.8 Å². The third kappa shape index (κ3) is 3.46. The van der Waals surface area contributed by atoms with Crippen molar-refractivity contribution in [3.63, 3.8) is 0 Å². The first kappa shape index (κ1) is 16.2. The van der Waals surface area contributed by atoms with Crippen molar-refractivity contribution < 1.29 is 19.4 Å². The molecule has 0 unspecified atom stereocenters. The van der Waals surface area contributed by atoms with Crippen molar-refractivity contribution in [3.8, 4) is 5.69 Å². The minimum atomic E-state index is -1.03. The highest BCUT2D eigenvalue weighted by molar-refractivity contribution is 5.94. The SMILES string of the molecule is O=C(O)COCCNC(=O)c1nn(-c2ccccc2)c2c1CCC2. The molecule has 1 aliphatic carbocycles. The second-order valence-electron chi connectivity index (χ2n) is 5.58. The summed E-state index contributed by atoms with van der Waals surface area (Å²) in [4.78, 5) is 22.7. The molecule has 7 nitrogen and oxygen atoms in total. The maximum absolute atomic E-state index is 12.4. The first-order valence-corrected chi connectivity index (χ1v) is 7.90. The number of rotatable bonds is 7. The monoisotopic (exact) mass is 329 g/mol. The summed E-state index contributed by atoms with van der Waals surface area (Å²) in [6, 6.07) is 9.76. The molecule has 0 aliphatic heterocycles. The Hall–Kier alpha value is -2.67. The van der Waals surface area contributed by atoms with Crippen molar-refractivity contribution in [1.29, 1.82) is 0 Å². The molecular formula is C17H19N3O4. The molecular weight excluding hydrogens is 310 g/mol. The van der Waals surface area contributed by atoms with Crippen LogP contribution in [-0.4, -0.2) is 46.5 Å². The lowest BCUT2D eigenvalue weighted by Gasteiger charge is -2.05. The Morgan fingerprint density at radius 1 is 1.25 bits per heavy atom. The van der Waals surface area contributed by atoms with E-state index >= 15 is 0 Å². The van der Waals surface area contributed by atoms with Crippen LogP contribution in [0.5, 0.6) is 0 Å². The van der Waals surface area contributed by atoms with Gasteiger partial charge in [0.15, 0.2) is 5.69 Å². The van der Waals surface area contributed by atoms with Gasteiger partial charge in [-0.3, -0.25) is 4.79 Å². The minimum absolute atomic E-state index is 0.152. The molecule has 2 N–H and O–H groups in total. The van der Waals surface area contributed by atoms with Crippen LogP contribution in [0.4, 0.5) is 0 Å². The van der Waals surface area contributed by atoms with Gasteiger partial charge in [-0.15, -0.1) is 0 Å². The van der Waals surface area contributed by atoms with Gasteiger partial charge in [-0.1, -0.05) is 18.2 Å². The molecule has 0 radical (unpaired) electrons. The molecule has 24 heavy (non-hydrogen) atoms. The Bertz CT molecular complexity index is 740. The predicted octanol–water partition coefficient (Wildman–Crippen LogP) is 1.19. The Kier molecular flexibility index (Phi) is 4.90. The van der Waals surface area contributed by atoms with Crippen LogP contribution in [0.3, 0.4) is 0 Å². The van der Waals surface area contributed by atoms with E-state index in [4.69, 9.17) is 9.84 Å². The van der Waals surface area contributed by atoms with Crippen LogP contribution in [0.15, 0.2) is 30.3 Å². The van der Waals surface area contributed by atoms with Gasteiger partial charge in [-0.05, 0) is 31.4 Å². The number of para-hydroxylation sites is 1. The normalized spacial score (nSPS) is 12.8. The summed E-state index contributed by atoms with van der Waals surface area (Å²) in [7, 11) is 0. The lowest BCUT2D eigenvalue weighted by atomic mass is 10.2. The van der Waals surface area contributed by atoms with Gasteiger partial charge < -0.3 is 15.2 Å². The molecule has 0 spiro atoms. The molecule has 1 aromatic heterocycles. The van der Waals surface area contributed by atoms with Gasteiger partial charge in [0.05, 0.1) is 12.3 Å². The summed E-state index contributed by atoms with van der Waals surface area (Å²) in [6.45, 7) is 0.0343. The van der Waals surface area contributed by atoms with E-state index in [9.17, 15) is 9.59 Å². The van der Waals surface area contributed by atoms with Gasteiger partial charge in [0.1, 0.15) is 6.61 Å². The van der Waals surface area contributed by atoms with Crippen LogP contribution in [-0.2, 0) is 22.4 Å². The van der Waals surface area contributed by atoms with Gasteiger partial charge >= 0.3 is 5.97 Å². The molecule has 1 heterocycles. The van der Waals surface area contributed by atoms with Gasteiger partial charge in [0.25, 0.3) is 5.91 Å². The van der Waals surface area contributed by atoms with Gasteiger partial charge in [-0.25, -0.2) is 9.48 Å². The number of aliphatic carboxylic acids is 1. The number of nitrogens with zero attached hydrogens (tertiary/aromatic N) is 2. The van der Waals surface area contributed by atoms with Crippen LogP contribution < -0.4 is 5.32 Å². The van der Waals surface area contributed by atoms with Gasteiger partial charge in [0.2, 0.25) is 0 Å². The second-order valence-corrected chi connectivity index (χ2v) is 5.58. The lowest BCUT2D eigenvalue weighted by Crippen LogP contribution is -2.29. The highest BCUT2D eigenvalue weighted by Gasteiger charge is 2.26. The number of hydrogen-bond acceptors (Lipinski definition) is 4. The highest BCUT2D eigenvalue weighted by Crippen LogP contribution is 2.27. The summed E-state index contributed by atoms with van der Waals surface area (Å²) < 4.78 is 6.75. The Morgan fingerprint density at radius 3 is 2.79 bits per heavy atom. The summed E-state index contributed by atoms with van der Waals surface area (Å²) in [5, 5.41) is 15.7. The third-order valence-corrected chi connectivity index (χ3v) is 3.90. The summed E-state index contributed by atoms with van der Waals surface area (Å²) in [5.74, 6) is -1.28. The van der Waals surface area contributed by atoms with Crippen LogP contribution >= 0.6 is 0 Å². The molecule has 0 fully saturated rings. The van der Waals surface area contributed by atoms with E-state index in [1.807, 2.05) is 35.0 Å². The molecule has 7 heteroatoms. The molecule has 1 aliphatic rings. The average molecular weight is 329 g/mol. The van der Waals surface area contributed by atoms with Crippen molar-refractivity contribution in [2.24, 2.45) is 0 Å². The smallest absolute Gasteiger partial charge is 0.329 e. The number of carbonyl (C=O) groups excluding carboxylic acids is 1. The number of fused-ring (bicyclic) bond motifs is 1. The fraction of sp³-hybridized carbons (Fsp3) is 0.353. The quantitative estimate of drug-likeness (QED) is 0.744. The zero-order valence-corrected chi connectivity index (χ0v) is 13.2. The molecule has 1 aromatic carbocycles. The zero-order chi connectivity index (χ0) is 16.9. The van der Waals surface area contributed by atoms with E-state index in [-0.39, 0.29) is 25.7 Å². The maximum Gasteiger partial charge on any atom is 0.329 e. The van der Waals surface area contributed by atoms with E-state index in [0.29, 0.717) is 5.69 Å². The number of amides is 1. The first-order valence-electron chi connectivity index (χ1n) is 7.90. The number of hydrogen-bond donors (Lipinski definition) is 2. The molecule has 0 saturated heterocycles. The Labute approximate surface area is 139 Å². The maximum atomic E-state index is 12.4. The van der Waals surface area contributed by atoms with E-state index in [1.165, 1.54) is 0 Å². The van der Waals surface area contributed by atoms with E-state index < -0.39 is 5.97 Å². The predicted molar refractivity (Wildman–Crippen MR) is 86.4 cm³/mol. The van der Waals surface area contributed by atoms with Crippen molar-refractivity contribution in [2.45, 2.75) is 19.3 Å². The molecule has 0 bridgehead atoms. The number of aromatic nitrogens is 2. The Balaban J connectivity index is 1.70. The van der Waals surface area contributed by atoms with Crippen molar-refractivity contribution in [3.05, 3.63) is 47.3 Å². The van der Waals surface area contributed by atoms with E-state index in [2.05, 4.69) is 10.4 Å². The molecule has 0 atom stereocenters. The third-order valence-electron chi connectivity index (χ3n) is 3.90. The number of carboxylic acid groups (broad SMARTS) is 1. The highest BCUT2D eigenvalue weighted by atomic mass is 16.5. The lowest BCUT2D eigenvalue weighted by molar-refractivity contribution is -0.142. The standard InChI is InChI=1S/C17H19N3O4/c21-15(22)11-24-10-9-18-17(23)16-13-7-4-8-14(13)20(19-16)12-5-2-1-3-6-12/h1-3,5-6H,4,7-11H2,(H,18,23)(H,21,22). The van der Waals surface area contributed by atoms with Crippen molar-refractivity contribution >= 4 is 11.9 Å². The summed E-state index contributed by atoms with van der Waals surface area (Å²) >= 11 is 0. The van der Waals surface area contributed by atoms with Crippen molar-refractivity contribution in [2.75, 3.05) is 19.8 Å². The molecule has 0 saturated carbocycles. The molecule has 2 aromatic rings. The van der Waals surface area contributed by atoms with Crippen LogP contribution in [0.2, 0.25) is 0 Å². The van der Waals surface area contributed by atoms with Crippen LogP contribution in [0, 0.1) is 0 Å². The number of carboxylic acids is 1. The summed E-state index contributed by atoms with van der Waals surface area (Å²) in [5.41, 5.74) is 3.49. The fourth-order valence-corrected chi connectivity index (χ4v) is 2.88. The summed E-state index contributed by atoms with van der Waals surface area (Å²) in [6.07, 6.45) is 2.77. The Morgan fingerprint density at radius 2 is 2.04 bits per heavy atom. The largest absolute Gasteiger partial charge is 0.480 e. The van der Waals surface area contributed by atoms with E-state index in [1.54, 1.807) is 0 Å². The molecule has 126 valence electrons. The van der Waals surface area contributed by atoms with Gasteiger partial charge in [-0.2, -0.15) is 5.10 Å². The van der Waals surface area contributed by atoms with E-state index in [0.717, 1.165) is 36.2 Å². The number of benzene rings is 1. The van der Waals surface area contributed by atoms with Crippen LogP contribution in [0.1, 0.15) is 28.2 Å². The minimum Gasteiger partial charge on any atom is -0.480 e.